The Morgan fingerprint density at radius 3 is 2.95 bits per heavy atom. The summed E-state index contributed by atoms with van der Waals surface area (Å²) in [5, 5.41) is 3.44. The molecule has 118 valence electrons. The number of sulfonamides is 1. The van der Waals surface area contributed by atoms with Crippen LogP contribution in [0, 0.1) is 6.92 Å². The van der Waals surface area contributed by atoms with Gasteiger partial charge in [-0.15, -0.1) is 11.3 Å². The Bertz CT molecular complexity index is 585. The third kappa shape index (κ3) is 3.65. The number of nitrogens with one attached hydrogen (secondary N) is 1. The van der Waals surface area contributed by atoms with Crippen molar-refractivity contribution in [2.24, 2.45) is 0 Å². The molecule has 7 heteroatoms. The molecule has 21 heavy (non-hydrogen) atoms. The lowest BCUT2D eigenvalue weighted by molar-refractivity contribution is 0.148. The van der Waals surface area contributed by atoms with Crippen LogP contribution in [0.3, 0.4) is 0 Å². The molecule has 0 amide bonds. The van der Waals surface area contributed by atoms with E-state index in [0.717, 1.165) is 22.7 Å². The van der Waals surface area contributed by atoms with E-state index in [0.29, 0.717) is 37.2 Å². The fraction of sp³-hybridized carbons (Fsp3) is 0.714. The third-order valence-corrected chi connectivity index (χ3v) is 7.07. The lowest BCUT2D eigenvalue weighted by atomic mass is 10.4. The predicted octanol–water partition coefficient (Wildman–Crippen LogP) is 1.72. The number of thiophene rings is 1. The van der Waals surface area contributed by atoms with Crippen molar-refractivity contribution in [1.29, 1.82) is 0 Å². The van der Waals surface area contributed by atoms with Crippen LogP contribution in [0.25, 0.3) is 0 Å². The molecule has 0 spiro atoms. The molecule has 1 N–H and O–H groups in total. The van der Waals surface area contributed by atoms with E-state index < -0.39 is 10.0 Å². The molecule has 3 rings (SSSR count). The fourth-order valence-electron chi connectivity index (χ4n) is 2.50. The number of hydrogen-bond acceptors (Lipinski definition) is 5. The second-order valence-corrected chi connectivity index (χ2v) is 8.91. The summed E-state index contributed by atoms with van der Waals surface area (Å²) < 4.78 is 32.5. The maximum atomic E-state index is 12.8. The first-order chi connectivity index (χ1) is 10.1. The van der Waals surface area contributed by atoms with E-state index in [-0.39, 0.29) is 0 Å². The molecule has 0 unspecified atom stereocenters. The van der Waals surface area contributed by atoms with Crippen LogP contribution in [0.5, 0.6) is 0 Å². The van der Waals surface area contributed by atoms with E-state index >= 15 is 0 Å². The van der Waals surface area contributed by atoms with Gasteiger partial charge in [0.25, 0.3) is 0 Å². The first-order valence-electron chi connectivity index (χ1n) is 7.48. The molecule has 1 aromatic rings. The van der Waals surface area contributed by atoms with Gasteiger partial charge in [-0.1, -0.05) is 0 Å². The summed E-state index contributed by atoms with van der Waals surface area (Å²) in [4.78, 5) is 2.46. The summed E-state index contributed by atoms with van der Waals surface area (Å²) in [6.07, 6.45) is 3.24. The van der Waals surface area contributed by atoms with Crippen molar-refractivity contribution in [2.45, 2.75) is 43.7 Å². The number of hydrogen-bond donors (Lipinski definition) is 1. The maximum absolute atomic E-state index is 12.8. The highest BCUT2D eigenvalue weighted by atomic mass is 32.2. The molecule has 1 aliphatic heterocycles. The van der Waals surface area contributed by atoms with Crippen LogP contribution in [0.1, 0.15) is 29.0 Å². The smallest absolute Gasteiger partial charge is 0.244 e. The topological polar surface area (TPSA) is 58.6 Å². The zero-order valence-electron chi connectivity index (χ0n) is 12.3. The third-order valence-electron chi connectivity index (χ3n) is 3.86. The molecule has 1 aromatic heterocycles. The lowest BCUT2D eigenvalue weighted by Crippen LogP contribution is -2.33. The summed E-state index contributed by atoms with van der Waals surface area (Å²) in [6, 6.07) is 2.48. The molecular formula is C14H22N2O3S2. The van der Waals surface area contributed by atoms with E-state index in [1.165, 1.54) is 12.8 Å². The monoisotopic (exact) mass is 330 g/mol. The van der Waals surface area contributed by atoms with E-state index in [1.807, 2.05) is 13.0 Å². The Morgan fingerprint density at radius 1 is 1.38 bits per heavy atom. The number of ether oxygens (including phenoxy) is 1. The quantitative estimate of drug-likeness (QED) is 0.893. The zero-order chi connectivity index (χ0) is 14.9. The summed E-state index contributed by atoms with van der Waals surface area (Å²) >= 11 is 1.58. The molecule has 1 saturated heterocycles. The van der Waals surface area contributed by atoms with Crippen LogP contribution in [0.2, 0.25) is 0 Å². The summed E-state index contributed by atoms with van der Waals surface area (Å²) in [5.41, 5.74) is 0. The first kappa shape index (κ1) is 15.4. The molecule has 0 bridgehead atoms. The molecule has 0 aromatic carbocycles. The second kappa shape index (κ2) is 6.34. The Hall–Kier alpha value is -0.470. The molecule has 1 saturated carbocycles. The highest BCUT2D eigenvalue weighted by molar-refractivity contribution is 7.89. The van der Waals surface area contributed by atoms with Gasteiger partial charge in [0.05, 0.1) is 11.5 Å². The fourth-order valence-corrected chi connectivity index (χ4v) is 5.52. The second-order valence-electron chi connectivity index (χ2n) is 5.66. The first-order valence-corrected chi connectivity index (χ1v) is 9.73. The number of rotatable bonds is 5. The van der Waals surface area contributed by atoms with Crippen molar-refractivity contribution in [3.63, 3.8) is 0 Å². The van der Waals surface area contributed by atoms with Crippen LogP contribution < -0.4 is 5.32 Å². The van der Waals surface area contributed by atoms with Gasteiger partial charge in [-0.2, -0.15) is 4.31 Å². The van der Waals surface area contributed by atoms with Crippen molar-refractivity contribution < 1.29 is 13.2 Å². The largest absolute Gasteiger partial charge is 0.380 e. The Kier molecular flexibility index (Phi) is 4.66. The summed E-state index contributed by atoms with van der Waals surface area (Å²) in [6.45, 7) is 4.80. The van der Waals surface area contributed by atoms with Gasteiger partial charge in [0, 0.05) is 42.0 Å². The minimum Gasteiger partial charge on any atom is -0.380 e. The van der Waals surface area contributed by atoms with Crippen molar-refractivity contribution in [3.8, 4) is 0 Å². The van der Waals surface area contributed by atoms with E-state index in [1.54, 1.807) is 15.6 Å². The molecule has 2 aliphatic rings. The number of aryl methyl sites for hydroxylation is 1. The summed E-state index contributed by atoms with van der Waals surface area (Å²) in [7, 11) is -3.38. The average molecular weight is 330 g/mol. The van der Waals surface area contributed by atoms with Gasteiger partial charge in [0.2, 0.25) is 10.0 Å². The lowest BCUT2D eigenvalue weighted by Gasteiger charge is -2.18. The Labute approximate surface area is 130 Å². The van der Waals surface area contributed by atoms with Crippen LogP contribution >= 0.6 is 11.3 Å². The van der Waals surface area contributed by atoms with Gasteiger partial charge in [-0.05, 0) is 32.3 Å². The molecule has 1 aliphatic carbocycles. The van der Waals surface area contributed by atoms with E-state index in [4.69, 9.17) is 4.74 Å². The van der Waals surface area contributed by atoms with Crippen LogP contribution in [-0.4, -0.2) is 45.1 Å². The van der Waals surface area contributed by atoms with Gasteiger partial charge in [-0.3, -0.25) is 0 Å². The summed E-state index contributed by atoms with van der Waals surface area (Å²) in [5.74, 6) is 0. The molecule has 0 radical (unpaired) electrons. The van der Waals surface area contributed by atoms with Crippen molar-refractivity contribution in [1.82, 2.24) is 9.62 Å². The highest BCUT2D eigenvalue weighted by Crippen LogP contribution is 2.29. The average Bonchev–Trinajstić information content (AvgIpc) is 3.23. The molecule has 2 fully saturated rings. The molecule has 0 atom stereocenters. The standard InChI is InChI=1S/C14H22N2O3S2/c1-11-14(9-13(20-11)10-15-12-3-4-12)21(17,18)16-5-2-7-19-8-6-16/h9,12,15H,2-8,10H2,1H3. The Morgan fingerprint density at radius 2 is 2.19 bits per heavy atom. The molecular weight excluding hydrogens is 308 g/mol. The SMILES string of the molecule is Cc1sc(CNC2CC2)cc1S(=O)(=O)N1CCCOCC1. The van der Waals surface area contributed by atoms with Crippen molar-refractivity contribution in [3.05, 3.63) is 15.8 Å². The normalized spacial score (nSPS) is 21.4. The predicted molar refractivity (Wildman–Crippen MR) is 83.1 cm³/mol. The molecule has 2 heterocycles. The maximum Gasteiger partial charge on any atom is 0.244 e. The van der Waals surface area contributed by atoms with Crippen LogP contribution in [0.4, 0.5) is 0 Å². The highest BCUT2D eigenvalue weighted by Gasteiger charge is 2.28. The van der Waals surface area contributed by atoms with Crippen molar-refractivity contribution >= 4 is 21.4 Å². The Balaban J connectivity index is 1.76. The number of nitrogens with zero attached hydrogens (tertiary/aromatic N) is 1. The van der Waals surface area contributed by atoms with Crippen LogP contribution in [-0.2, 0) is 21.3 Å². The van der Waals surface area contributed by atoms with Gasteiger partial charge < -0.3 is 10.1 Å². The zero-order valence-corrected chi connectivity index (χ0v) is 13.9. The van der Waals surface area contributed by atoms with Crippen molar-refractivity contribution in [2.75, 3.05) is 26.3 Å². The minimum absolute atomic E-state index is 0.452. The van der Waals surface area contributed by atoms with Gasteiger partial charge in [0.1, 0.15) is 0 Å². The van der Waals surface area contributed by atoms with Gasteiger partial charge in [0.15, 0.2) is 0 Å². The van der Waals surface area contributed by atoms with E-state index in [2.05, 4.69) is 5.32 Å². The van der Waals surface area contributed by atoms with E-state index in [9.17, 15) is 8.42 Å². The van der Waals surface area contributed by atoms with Crippen LogP contribution in [0.15, 0.2) is 11.0 Å². The van der Waals surface area contributed by atoms with Gasteiger partial charge >= 0.3 is 0 Å². The van der Waals surface area contributed by atoms with Gasteiger partial charge in [-0.25, -0.2) is 8.42 Å². The minimum atomic E-state index is -3.38. The molecule has 5 nitrogen and oxygen atoms in total.